The van der Waals surface area contributed by atoms with Gasteiger partial charge in [-0.1, -0.05) is 59.6 Å². The van der Waals surface area contributed by atoms with Gasteiger partial charge in [0, 0.05) is 49.3 Å². The molecule has 4 aromatic rings. The van der Waals surface area contributed by atoms with E-state index in [-0.39, 0.29) is 23.2 Å². The highest BCUT2D eigenvalue weighted by atomic mass is 35.5. The van der Waals surface area contributed by atoms with Crippen molar-refractivity contribution in [3.05, 3.63) is 100 Å². The zero-order valence-corrected chi connectivity index (χ0v) is 19.8. The second-order valence-corrected chi connectivity index (χ2v) is 10.3. The molecule has 0 saturated carbocycles. The zero-order valence-electron chi connectivity index (χ0n) is 17.5. The van der Waals surface area contributed by atoms with E-state index in [4.69, 9.17) is 23.2 Å². The van der Waals surface area contributed by atoms with Crippen LogP contribution in [0.25, 0.3) is 10.9 Å². The molecule has 1 unspecified atom stereocenters. The minimum Gasteiger partial charge on any atom is -0.361 e. The number of carbonyl (C=O) groups excluding carboxylic acids is 1. The summed E-state index contributed by atoms with van der Waals surface area (Å²) in [5.41, 5.74) is 3.17. The van der Waals surface area contributed by atoms with Gasteiger partial charge in [-0.15, -0.1) is 11.8 Å². The fourth-order valence-corrected chi connectivity index (χ4v) is 6.17. The molecule has 6 heteroatoms. The average Bonchev–Trinajstić information content (AvgIpc) is 3.34. The van der Waals surface area contributed by atoms with Crippen molar-refractivity contribution < 1.29 is 4.79 Å². The fraction of sp³-hybridized carbons (Fsp3) is 0.192. The first kappa shape index (κ1) is 21.4. The molecule has 1 aliphatic heterocycles. The zero-order chi connectivity index (χ0) is 22.2. The number of nitrogens with one attached hydrogen (secondary N) is 1. The summed E-state index contributed by atoms with van der Waals surface area (Å²) in [5.74, 6) is 0.161. The van der Waals surface area contributed by atoms with Gasteiger partial charge in [0.25, 0.3) is 0 Å². The minimum atomic E-state index is -0.0802. The van der Waals surface area contributed by atoms with Gasteiger partial charge in [0.15, 0.2) is 0 Å². The predicted molar refractivity (Wildman–Crippen MR) is 133 cm³/mol. The Labute approximate surface area is 201 Å². The van der Waals surface area contributed by atoms with Crippen molar-refractivity contribution in [2.75, 3.05) is 0 Å². The molecule has 0 aliphatic carbocycles. The third kappa shape index (κ3) is 4.03. The number of hydrogen-bond donors (Lipinski definition) is 1. The summed E-state index contributed by atoms with van der Waals surface area (Å²) in [7, 11) is 0. The molecule has 32 heavy (non-hydrogen) atoms. The molecule has 0 spiro atoms. The van der Waals surface area contributed by atoms with Crippen LogP contribution in [-0.2, 0) is 4.79 Å². The number of carbonyl (C=O) groups is 1. The molecule has 3 atom stereocenters. The maximum absolute atomic E-state index is 13.4. The summed E-state index contributed by atoms with van der Waals surface area (Å²) in [6.07, 6.45) is 2.52. The molecule has 3 nitrogen and oxygen atoms in total. The summed E-state index contributed by atoms with van der Waals surface area (Å²) >= 11 is 14.1. The molecule has 1 saturated heterocycles. The number of aromatic amines is 1. The van der Waals surface area contributed by atoms with Gasteiger partial charge in [0.05, 0.1) is 12.1 Å². The van der Waals surface area contributed by atoms with Gasteiger partial charge >= 0.3 is 0 Å². The van der Waals surface area contributed by atoms with Crippen molar-refractivity contribution in [2.45, 2.75) is 35.6 Å². The number of halogens is 2. The highest BCUT2D eigenvalue weighted by Gasteiger charge is 2.44. The second-order valence-electron chi connectivity index (χ2n) is 8.08. The van der Waals surface area contributed by atoms with E-state index in [0.717, 1.165) is 22.0 Å². The van der Waals surface area contributed by atoms with Crippen LogP contribution in [0.2, 0.25) is 10.0 Å². The van der Waals surface area contributed by atoms with Gasteiger partial charge in [-0.2, -0.15) is 0 Å². The molecule has 0 radical (unpaired) electrons. The number of H-pyrrole nitrogens is 1. The van der Waals surface area contributed by atoms with Crippen LogP contribution < -0.4 is 0 Å². The maximum atomic E-state index is 13.4. The van der Waals surface area contributed by atoms with Gasteiger partial charge in [0.1, 0.15) is 0 Å². The number of rotatable bonds is 5. The molecule has 1 amide bonds. The monoisotopic (exact) mass is 480 g/mol. The molecule has 2 heterocycles. The number of likely N-dealkylation sites (tertiary alicyclic amines) is 1. The van der Waals surface area contributed by atoms with Crippen LogP contribution in [0, 0.1) is 0 Å². The predicted octanol–water partition coefficient (Wildman–Crippen LogP) is 7.67. The Hall–Kier alpha value is -2.40. The standard InChI is InChI=1S/C26H22Cl2N2OS/c1-16(17-7-9-18(27)10-8-17)30-25(31)14-24(32-20-5-3-2-4-6-20)26(30)22-15-29-23-13-19(28)11-12-21(22)23/h2-13,15-16,24,26,29H,14H2,1H3/t16-,24?,26+/m1/s1. The third-order valence-corrected chi connectivity index (χ3v) is 7.87. The second kappa shape index (κ2) is 8.86. The van der Waals surface area contributed by atoms with Gasteiger partial charge in [-0.3, -0.25) is 4.79 Å². The lowest BCUT2D eigenvalue weighted by atomic mass is 10.00. The number of aromatic nitrogens is 1. The highest BCUT2D eigenvalue weighted by molar-refractivity contribution is 8.00. The summed E-state index contributed by atoms with van der Waals surface area (Å²) in [4.78, 5) is 20.0. The van der Waals surface area contributed by atoms with Crippen molar-refractivity contribution in [1.82, 2.24) is 9.88 Å². The lowest BCUT2D eigenvalue weighted by molar-refractivity contribution is -0.131. The first-order chi connectivity index (χ1) is 15.5. The van der Waals surface area contributed by atoms with Crippen LogP contribution in [0.4, 0.5) is 0 Å². The molecule has 1 aliphatic rings. The first-order valence-corrected chi connectivity index (χ1v) is 12.2. The smallest absolute Gasteiger partial charge is 0.224 e. The number of benzene rings is 3. The maximum Gasteiger partial charge on any atom is 0.224 e. The molecule has 1 N–H and O–H groups in total. The van der Waals surface area contributed by atoms with Gasteiger partial charge in [-0.25, -0.2) is 0 Å². The molecule has 1 aromatic heterocycles. The minimum absolute atomic E-state index is 0.0756. The Balaban J connectivity index is 1.59. The lowest BCUT2D eigenvalue weighted by Gasteiger charge is -2.33. The first-order valence-electron chi connectivity index (χ1n) is 10.6. The SMILES string of the molecule is C[C@H](c1ccc(Cl)cc1)N1C(=O)CC(Sc2ccccc2)[C@@H]1c1c[nH]c2cc(Cl)ccc12. The number of hydrogen-bond acceptors (Lipinski definition) is 2. The quantitative estimate of drug-likeness (QED) is 0.318. The van der Waals surface area contributed by atoms with E-state index in [0.29, 0.717) is 16.5 Å². The highest BCUT2D eigenvalue weighted by Crippen LogP contribution is 2.48. The Kier molecular flexibility index (Phi) is 5.93. The molecule has 0 bridgehead atoms. The normalized spacial score (nSPS) is 19.6. The van der Waals surface area contributed by atoms with Gasteiger partial charge < -0.3 is 9.88 Å². The van der Waals surface area contributed by atoms with Gasteiger partial charge in [-0.05, 0) is 48.9 Å². The Morgan fingerprint density at radius 2 is 1.72 bits per heavy atom. The van der Waals surface area contributed by atoms with E-state index in [1.165, 1.54) is 4.90 Å². The van der Waals surface area contributed by atoms with Crippen LogP contribution in [-0.4, -0.2) is 21.0 Å². The van der Waals surface area contributed by atoms with E-state index in [1.54, 1.807) is 11.8 Å². The van der Waals surface area contributed by atoms with E-state index in [2.05, 4.69) is 24.0 Å². The van der Waals surface area contributed by atoms with Crippen LogP contribution in [0.5, 0.6) is 0 Å². The molecule has 3 aromatic carbocycles. The average molecular weight is 481 g/mol. The molecule has 1 fully saturated rings. The molecular weight excluding hydrogens is 459 g/mol. The topological polar surface area (TPSA) is 36.1 Å². The Morgan fingerprint density at radius 3 is 2.47 bits per heavy atom. The summed E-state index contributed by atoms with van der Waals surface area (Å²) in [6.45, 7) is 2.09. The summed E-state index contributed by atoms with van der Waals surface area (Å²) in [5, 5.41) is 2.57. The van der Waals surface area contributed by atoms with Crippen LogP contribution >= 0.6 is 35.0 Å². The van der Waals surface area contributed by atoms with Crippen LogP contribution in [0.15, 0.2) is 83.9 Å². The van der Waals surface area contributed by atoms with Crippen molar-refractivity contribution in [3.8, 4) is 0 Å². The fourth-order valence-electron chi connectivity index (χ4n) is 4.58. The van der Waals surface area contributed by atoms with E-state index >= 15 is 0 Å². The largest absolute Gasteiger partial charge is 0.361 e. The van der Waals surface area contributed by atoms with Crippen LogP contribution in [0.3, 0.4) is 0 Å². The van der Waals surface area contributed by atoms with E-state index < -0.39 is 0 Å². The van der Waals surface area contributed by atoms with E-state index in [1.807, 2.05) is 71.8 Å². The summed E-state index contributed by atoms with van der Waals surface area (Å²) in [6, 6.07) is 23.8. The van der Waals surface area contributed by atoms with E-state index in [9.17, 15) is 4.79 Å². The lowest BCUT2D eigenvalue weighted by Crippen LogP contribution is -2.32. The number of nitrogens with zero attached hydrogens (tertiary/aromatic N) is 1. The van der Waals surface area contributed by atoms with Crippen molar-refractivity contribution >= 4 is 51.8 Å². The Bertz CT molecular complexity index is 1260. The third-order valence-electron chi connectivity index (χ3n) is 6.11. The molecular formula is C26H22Cl2N2OS. The molecule has 162 valence electrons. The van der Waals surface area contributed by atoms with Crippen molar-refractivity contribution in [3.63, 3.8) is 0 Å². The van der Waals surface area contributed by atoms with Crippen molar-refractivity contribution in [1.29, 1.82) is 0 Å². The van der Waals surface area contributed by atoms with Crippen LogP contribution in [0.1, 0.15) is 36.6 Å². The number of thioether (sulfide) groups is 1. The Morgan fingerprint density at radius 1 is 1.00 bits per heavy atom. The number of amides is 1. The van der Waals surface area contributed by atoms with Crippen molar-refractivity contribution in [2.24, 2.45) is 0 Å². The summed E-state index contributed by atoms with van der Waals surface area (Å²) < 4.78 is 0. The molecule has 5 rings (SSSR count). The number of fused-ring (bicyclic) bond motifs is 1. The van der Waals surface area contributed by atoms with Gasteiger partial charge in [0.2, 0.25) is 5.91 Å².